The largest absolute Gasteiger partial charge is 0.404 e. The van der Waals surface area contributed by atoms with Gasteiger partial charge >= 0.3 is 6.01 Å². The highest BCUT2D eigenvalue weighted by Crippen LogP contribution is 2.33. The zero-order valence-electron chi connectivity index (χ0n) is 15.0. The second-order valence-corrected chi connectivity index (χ2v) is 6.45. The second kappa shape index (κ2) is 7.00. The van der Waals surface area contributed by atoms with Crippen molar-refractivity contribution in [2.75, 3.05) is 5.32 Å². The van der Waals surface area contributed by atoms with Crippen LogP contribution in [0.3, 0.4) is 0 Å². The topological polar surface area (TPSA) is 51.0 Å². The molecular weight excluding hydrogens is 346 g/mol. The van der Waals surface area contributed by atoms with Crippen LogP contribution in [-0.4, -0.2) is 9.97 Å². The first-order valence-corrected chi connectivity index (χ1v) is 9.11. The Labute approximate surface area is 162 Å². The molecule has 2 aromatic heterocycles. The molecule has 2 heterocycles. The molecule has 0 unspecified atom stereocenters. The molecule has 0 aliphatic heterocycles. The molecule has 0 atom stereocenters. The molecule has 0 radical (unpaired) electrons. The molecule has 0 saturated carbocycles. The van der Waals surface area contributed by atoms with Gasteiger partial charge in [0, 0.05) is 16.8 Å². The molecule has 0 spiro atoms. The van der Waals surface area contributed by atoms with E-state index in [2.05, 4.69) is 28.5 Å². The summed E-state index contributed by atoms with van der Waals surface area (Å²) in [6, 6.07) is 32.6. The summed E-state index contributed by atoms with van der Waals surface area (Å²) < 4.78 is 5.96. The first-order valence-electron chi connectivity index (χ1n) is 9.11. The van der Waals surface area contributed by atoms with E-state index in [0.717, 1.165) is 33.6 Å². The number of hydrogen-bond acceptors (Lipinski definition) is 4. The van der Waals surface area contributed by atoms with Crippen molar-refractivity contribution in [2.45, 2.75) is 0 Å². The van der Waals surface area contributed by atoms with E-state index < -0.39 is 0 Å². The minimum atomic E-state index is 0.427. The quantitative estimate of drug-likeness (QED) is 0.407. The van der Waals surface area contributed by atoms with Gasteiger partial charge in [0.25, 0.3) is 0 Å². The highest BCUT2D eigenvalue weighted by molar-refractivity contribution is 5.92. The third-order valence-corrected chi connectivity index (χ3v) is 4.55. The Morgan fingerprint density at radius 1 is 0.643 bits per heavy atom. The second-order valence-electron chi connectivity index (χ2n) is 6.45. The van der Waals surface area contributed by atoms with Gasteiger partial charge in [-0.1, -0.05) is 78.9 Å². The van der Waals surface area contributed by atoms with Crippen molar-refractivity contribution in [2.24, 2.45) is 0 Å². The van der Waals surface area contributed by atoms with Crippen LogP contribution >= 0.6 is 0 Å². The van der Waals surface area contributed by atoms with Crippen LogP contribution in [0.2, 0.25) is 0 Å². The third kappa shape index (κ3) is 3.12. The van der Waals surface area contributed by atoms with Gasteiger partial charge in [0.2, 0.25) is 5.71 Å². The summed E-state index contributed by atoms with van der Waals surface area (Å²) >= 11 is 0. The maximum atomic E-state index is 5.96. The normalized spacial score (nSPS) is 10.9. The van der Waals surface area contributed by atoms with Crippen LogP contribution in [0.25, 0.3) is 33.6 Å². The fourth-order valence-electron chi connectivity index (χ4n) is 3.20. The minimum Gasteiger partial charge on any atom is -0.404 e. The van der Waals surface area contributed by atoms with Gasteiger partial charge in [0.15, 0.2) is 0 Å². The van der Waals surface area contributed by atoms with Crippen LogP contribution in [0, 0.1) is 0 Å². The molecule has 3 aromatic carbocycles. The van der Waals surface area contributed by atoms with Crippen LogP contribution in [0.15, 0.2) is 101 Å². The Balaban J connectivity index is 1.68. The van der Waals surface area contributed by atoms with Gasteiger partial charge in [-0.05, 0) is 23.8 Å². The van der Waals surface area contributed by atoms with E-state index in [1.54, 1.807) is 0 Å². The number of oxazole rings is 1. The number of hydrogen-bond donors (Lipinski definition) is 1. The number of nitrogens with one attached hydrogen (secondary N) is 1. The molecular formula is C24H17N3O. The molecule has 0 aliphatic rings. The van der Waals surface area contributed by atoms with Crippen LogP contribution in [0.1, 0.15) is 0 Å². The fraction of sp³-hybridized carbons (Fsp3) is 0. The lowest BCUT2D eigenvalue weighted by atomic mass is 10.0. The standard InChI is InChI=1S/C24H17N3O/c1-4-10-17(11-5-1)20-16-21(18-12-6-2-7-13-18)26-23-22(20)27-24(28-23)25-19-14-8-3-9-15-19/h1-16H,(H,25,27). The molecule has 28 heavy (non-hydrogen) atoms. The van der Waals surface area contributed by atoms with Gasteiger partial charge in [-0.3, -0.25) is 0 Å². The highest BCUT2D eigenvalue weighted by Gasteiger charge is 2.16. The minimum absolute atomic E-state index is 0.427. The van der Waals surface area contributed by atoms with Crippen molar-refractivity contribution < 1.29 is 4.42 Å². The molecule has 1 N–H and O–H groups in total. The number of aromatic nitrogens is 2. The average Bonchev–Trinajstić information content (AvgIpc) is 3.17. The molecule has 0 amide bonds. The molecule has 0 aliphatic carbocycles. The van der Waals surface area contributed by atoms with Gasteiger partial charge in [-0.15, -0.1) is 0 Å². The molecule has 5 aromatic rings. The number of anilines is 2. The van der Waals surface area contributed by atoms with Crippen LogP contribution in [-0.2, 0) is 0 Å². The van der Waals surface area contributed by atoms with Crippen LogP contribution < -0.4 is 5.32 Å². The lowest BCUT2D eigenvalue weighted by Gasteiger charge is -2.06. The van der Waals surface area contributed by atoms with Crippen molar-refractivity contribution >= 4 is 22.9 Å². The maximum Gasteiger partial charge on any atom is 0.301 e. The van der Waals surface area contributed by atoms with Crippen molar-refractivity contribution in [3.63, 3.8) is 0 Å². The zero-order valence-corrected chi connectivity index (χ0v) is 15.0. The molecule has 5 rings (SSSR count). The Hall–Kier alpha value is -3.92. The zero-order chi connectivity index (χ0) is 18.8. The van der Waals surface area contributed by atoms with E-state index in [9.17, 15) is 0 Å². The summed E-state index contributed by atoms with van der Waals surface area (Å²) in [5.41, 5.74) is 6.13. The third-order valence-electron chi connectivity index (χ3n) is 4.55. The van der Waals surface area contributed by atoms with Gasteiger partial charge in [-0.2, -0.15) is 4.98 Å². The van der Waals surface area contributed by atoms with E-state index in [-0.39, 0.29) is 0 Å². The summed E-state index contributed by atoms with van der Waals surface area (Å²) in [5.74, 6) is 0. The smallest absolute Gasteiger partial charge is 0.301 e. The number of rotatable bonds is 4. The summed E-state index contributed by atoms with van der Waals surface area (Å²) in [5, 5.41) is 3.21. The number of nitrogens with zero attached hydrogens (tertiary/aromatic N) is 2. The van der Waals surface area contributed by atoms with E-state index in [1.807, 2.05) is 78.9 Å². The summed E-state index contributed by atoms with van der Waals surface area (Å²) in [6.07, 6.45) is 0. The first kappa shape index (κ1) is 16.3. The average molecular weight is 363 g/mol. The molecule has 134 valence electrons. The molecule has 4 heteroatoms. The van der Waals surface area contributed by atoms with E-state index in [1.165, 1.54) is 0 Å². The lowest BCUT2D eigenvalue weighted by Crippen LogP contribution is -1.89. The Bertz CT molecular complexity index is 1220. The number of benzene rings is 3. The predicted molar refractivity (Wildman–Crippen MR) is 112 cm³/mol. The van der Waals surface area contributed by atoms with Gasteiger partial charge in [0.1, 0.15) is 5.52 Å². The molecule has 0 fully saturated rings. The van der Waals surface area contributed by atoms with E-state index >= 15 is 0 Å². The Kier molecular flexibility index (Phi) is 4.07. The van der Waals surface area contributed by atoms with Crippen molar-refractivity contribution in [3.05, 3.63) is 97.1 Å². The fourth-order valence-corrected chi connectivity index (χ4v) is 3.20. The molecule has 4 nitrogen and oxygen atoms in total. The van der Waals surface area contributed by atoms with E-state index in [0.29, 0.717) is 11.7 Å². The number of pyridine rings is 1. The highest BCUT2D eigenvalue weighted by atomic mass is 16.4. The Morgan fingerprint density at radius 2 is 1.25 bits per heavy atom. The van der Waals surface area contributed by atoms with Crippen LogP contribution in [0.4, 0.5) is 11.7 Å². The number of para-hydroxylation sites is 1. The van der Waals surface area contributed by atoms with E-state index in [4.69, 9.17) is 9.40 Å². The van der Waals surface area contributed by atoms with Crippen molar-refractivity contribution in [1.82, 2.24) is 9.97 Å². The Morgan fingerprint density at radius 3 is 1.93 bits per heavy atom. The van der Waals surface area contributed by atoms with Gasteiger partial charge in [-0.25, -0.2) is 4.98 Å². The van der Waals surface area contributed by atoms with Crippen molar-refractivity contribution in [3.8, 4) is 22.4 Å². The summed E-state index contributed by atoms with van der Waals surface area (Å²) in [4.78, 5) is 9.40. The van der Waals surface area contributed by atoms with Crippen molar-refractivity contribution in [1.29, 1.82) is 0 Å². The first-order chi connectivity index (χ1) is 13.9. The predicted octanol–water partition coefficient (Wildman–Crippen LogP) is 6.30. The monoisotopic (exact) mass is 363 g/mol. The maximum absolute atomic E-state index is 5.96. The molecule has 0 saturated heterocycles. The van der Waals surface area contributed by atoms with Crippen LogP contribution in [0.5, 0.6) is 0 Å². The summed E-state index contributed by atoms with van der Waals surface area (Å²) in [6.45, 7) is 0. The molecule has 0 bridgehead atoms. The number of fused-ring (bicyclic) bond motifs is 1. The summed E-state index contributed by atoms with van der Waals surface area (Å²) in [7, 11) is 0. The van der Waals surface area contributed by atoms with Gasteiger partial charge in [0.05, 0.1) is 5.69 Å². The van der Waals surface area contributed by atoms with Gasteiger partial charge < -0.3 is 9.73 Å². The SMILES string of the molecule is c1ccc(Nc2nc3c(-c4ccccc4)cc(-c4ccccc4)nc3o2)cc1. The lowest BCUT2D eigenvalue weighted by molar-refractivity contribution is 0.611.